The van der Waals surface area contributed by atoms with E-state index in [1.165, 1.54) is 0 Å². The van der Waals surface area contributed by atoms with Gasteiger partial charge in [-0.1, -0.05) is 12.1 Å². The minimum Gasteiger partial charge on any atom is -0.440 e. The van der Waals surface area contributed by atoms with Crippen molar-refractivity contribution in [3.63, 3.8) is 0 Å². The minimum atomic E-state index is -0.117. The highest BCUT2D eigenvalue weighted by Crippen LogP contribution is 2.20. The lowest BCUT2D eigenvalue weighted by atomic mass is 10.3. The van der Waals surface area contributed by atoms with E-state index in [9.17, 15) is 4.79 Å². The Morgan fingerprint density at radius 1 is 1.12 bits per heavy atom. The summed E-state index contributed by atoms with van der Waals surface area (Å²) in [4.78, 5) is 24.5. The van der Waals surface area contributed by atoms with E-state index in [1.54, 1.807) is 17.0 Å². The fourth-order valence-electron chi connectivity index (χ4n) is 3.01. The Morgan fingerprint density at radius 2 is 2.00 bits per heavy atom. The zero-order valence-electron chi connectivity index (χ0n) is 13.0. The third-order valence-corrected chi connectivity index (χ3v) is 4.45. The van der Waals surface area contributed by atoms with Gasteiger partial charge in [-0.2, -0.15) is 0 Å². The van der Waals surface area contributed by atoms with Gasteiger partial charge in [0.2, 0.25) is 5.95 Å². The molecule has 1 aliphatic rings. The summed E-state index contributed by atoms with van der Waals surface area (Å²) in [6.07, 6.45) is 0.872. The highest BCUT2D eigenvalue weighted by atomic mass is 35.5. The molecule has 0 unspecified atom stereocenters. The zero-order chi connectivity index (χ0) is 16.5. The third-order valence-electron chi connectivity index (χ3n) is 4.24. The van der Waals surface area contributed by atoms with E-state index < -0.39 is 0 Å². The van der Waals surface area contributed by atoms with Crippen LogP contribution in [0.2, 0.25) is 5.22 Å². The van der Waals surface area contributed by atoms with Crippen LogP contribution in [0.4, 0.5) is 5.95 Å². The lowest BCUT2D eigenvalue weighted by Crippen LogP contribution is -2.35. The molecule has 4 rings (SSSR count). The molecule has 1 aromatic carbocycles. The summed E-state index contributed by atoms with van der Waals surface area (Å²) in [7, 11) is 0. The van der Waals surface area contributed by atoms with Gasteiger partial charge in [0.1, 0.15) is 0 Å². The van der Waals surface area contributed by atoms with Crippen molar-refractivity contribution in [3.05, 3.63) is 47.4 Å². The molecule has 6 nitrogen and oxygen atoms in total. The molecule has 0 bridgehead atoms. The number of hydrogen-bond acceptors (Lipinski definition) is 4. The Bertz CT molecular complexity index is 839. The van der Waals surface area contributed by atoms with E-state index in [0.29, 0.717) is 13.1 Å². The Hall–Kier alpha value is -2.47. The van der Waals surface area contributed by atoms with Crippen LogP contribution in [0.25, 0.3) is 11.0 Å². The van der Waals surface area contributed by atoms with E-state index in [1.807, 2.05) is 24.3 Å². The average molecular weight is 345 g/mol. The van der Waals surface area contributed by atoms with Crippen LogP contribution in [-0.4, -0.2) is 47.0 Å². The number of furan rings is 1. The highest BCUT2D eigenvalue weighted by molar-refractivity contribution is 6.29. The van der Waals surface area contributed by atoms with Crippen molar-refractivity contribution in [1.29, 1.82) is 0 Å². The number of nitrogens with one attached hydrogen (secondary N) is 1. The fraction of sp³-hybridized carbons (Fsp3) is 0.294. The Morgan fingerprint density at radius 3 is 2.79 bits per heavy atom. The maximum atomic E-state index is 12.5. The first-order valence-electron chi connectivity index (χ1n) is 7.95. The molecule has 0 spiro atoms. The molecule has 1 N–H and O–H groups in total. The molecule has 1 saturated heterocycles. The van der Waals surface area contributed by atoms with Gasteiger partial charge in [-0.05, 0) is 42.3 Å². The smallest absolute Gasteiger partial charge is 0.289 e. The predicted octanol–water partition coefficient (Wildman–Crippen LogP) is 3.16. The number of hydrogen-bond donors (Lipinski definition) is 1. The molecule has 0 aliphatic carbocycles. The van der Waals surface area contributed by atoms with Crippen LogP contribution in [0, 0.1) is 0 Å². The molecule has 0 radical (unpaired) electrons. The average Bonchev–Trinajstić information content (AvgIpc) is 3.13. The van der Waals surface area contributed by atoms with Crippen LogP contribution in [0.1, 0.15) is 17.0 Å². The third kappa shape index (κ3) is 2.85. The summed E-state index contributed by atoms with van der Waals surface area (Å²) >= 11 is 5.76. The van der Waals surface area contributed by atoms with E-state index in [-0.39, 0.29) is 16.9 Å². The van der Waals surface area contributed by atoms with Crippen molar-refractivity contribution in [2.75, 3.05) is 31.1 Å². The van der Waals surface area contributed by atoms with Crippen LogP contribution in [0.15, 0.2) is 40.8 Å². The van der Waals surface area contributed by atoms with Gasteiger partial charge in [-0.25, -0.2) is 4.98 Å². The number of benzene rings is 1. The molecule has 1 amide bonds. The maximum absolute atomic E-state index is 12.5. The minimum absolute atomic E-state index is 0.117. The molecular formula is C17H17ClN4O2. The molecule has 3 heterocycles. The van der Waals surface area contributed by atoms with Crippen molar-refractivity contribution < 1.29 is 9.21 Å². The van der Waals surface area contributed by atoms with Gasteiger partial charge in [-0.3, -0.25) is 4.79 Å². The summed E-state index contributed by atoms with van der Waals surface area (Å²) in [5, 5.41) is 0.233. The Kier molecular flexibility index (Phi) is 3.90. The highest BCUT2D eigenvalue weighted by Gasteiger charge is 2.23. The summed E-state index contributed by atoms with van der Waals surface area (Å²) in [6.45, 7) is 2.88. The largest absolute Gasteiger partial charge is 0.440 e. The van der Waals surface area contributed by atoms with Crippen molar-refractivity contribution in [2.45, 2.75) is 6.42 Å². The topological polar surface area (TPSA) is 65.4 Å². The van der Waals surface area contributed by atoms with Crippen molar-refractivity contribution >= 4 is 34.5 Å². The predicted molar refractivity (Wildman–Crippen MR) is 92.5 cm³/mol. The number of H-pyrrole nitrogens is 1. The number of aromatic nitrogens is 2. The van der Waals surface area contributed by atoms with Crippen molar-refractivity contribution in [3.8, 4) is 0 Å². The normalized spacial score (nSPS) is 15.7. The van der Waals surface area contributed by atoms with Gasteiger partial charge < -0.3 is 19.2 Å². The van der Waals surface area contributed by atoms with Gasteiger partial charge >= 0.3 is 0 Å². The summed E-state index contributed by atoms with van der Waals surface area (Å²) in [5.41, 5.74) is 1.98. The van der Waals surface area contributed by atoms with E-state index >= 15 is 0 Å². The number of fused-ring (bicyclic) bond motifs is 1. The first-order chi connectivity index (χ1) is 11.7. The summed E-state index contributed by atoms with van der Waals surface area (Å²) < 4.78 is 5.23. The quantitative estimate of drug-likeness (QED) is 0.775. The van der Waals surface area contributed by atoms with E-state index in [4.69, 9.17) is 16.0 Å². The molecule has 24 heavy (non-hydrogen) atoms. The first kappa shape index (κ1) is 15.1. The fourth-order valence-corrected chi connectivity index (χ4v) is 3.15. The molecule has 0 atom stereocenters. The lowest BCUT2D eigenvalue weighted by molar-refractivity contribution is 0.0735. The molecule has 124 valence electrons. The Balaban J connectivity index is 1.48. The van der Waals surface area contributed by atoms with Crippen molar-refractivity contribution in [1.82, 2.24) is 14.9 Å². The number of para-hydroxylation sites is 2. The molecule has 7 heteroatoms. The summed E-state index contributed by atoms with van der Waals surface area (Å²) in [5.74, 6) is 1.03. The van der Waals surface area contributed by atoms with E-state index in [2.05, 4.69) is 14.9 Å². The maximum Gasteiger partial charge on any atom is 0.289 e. The molecule has 2 aromatic heterocycles. The number of carbonyl (C=O) groups is 1. The second-order valence-corrected chi connectivity index (χ2v) is 6.19. The number of imidazole rings is 1. The molecule has 0 saturated carbocycles. The zero-order valence-corrected chi connectivity index (χ0v) is 13.8. The number of halogens is 1. The second-order valence-electron chi connectivity index (χ2n) is 5.81. The van der Waals surface area contributed by atoms with Crippen LogP contribution in [0.3, 0.4) is 0 Å². The van der Waals surface area contributed by atoms with Gasteiger partial charge in [0.25, 0.3) is 5.91 Å². The van der Waals surface area contributed by atoms with Crippen LogP contribution in [0.5, 0.6) is 0 Å². The summed E-state index contributed by atoms with van der Waals surface area (Å²) in [6, 6.07) is 11.2. The van der Waals surface area contributed by atoms with Gasteiger partial charge in [0.05, 0.1) is 11.0 Å². The second kappa shape index (κ2) is 6.20. The van der Waals surface area contributed by atoms with Gasteiger partial charge in [0, 0.05) is 26.2 Å². The number of aromatic amines is 1. The van der Waals surface area contributed by atoms with E-state index in [0.717, 1.165) is 36.5 Å². The molecule has 1 aliphatic heterocycles. The number of rotatable bonds is 2. The first-order valence-corrected chi connectivity index (χ1v) is 8.33. The van der Waals surface area contributed by atoms with Crippen LogP contribution < -0.4 is 4.90 Å². The molecule has 3 aromatic rings. The van der Waals surface area contributed by atoms with Crippen LogP contribution >= 0.6 is 11.6 Å². The number of amides is 1. The van der Waals surface area contributed by atoms with Gasteiger partial charge in [-0.15, -0.1) is 0 Å². The number of anilines is 1. The SMILES string of the molecule is O=C(c1ccc(Cl)o1)N1CCCN(c2nc3ccccc3[nH]2)CC1. The lowest BCUT2D eigenvalue weighted by Gasteiger charge is -2.21. The number of nitrogens with zero attached hydrogens (tertiary/aromatic N) is 3. The Labute approximate surface area is 144 Å². The van der Waals surface area contributed by atoms with Gasteiger partial charge in [0.15, 0.2) is 11.0 Å². The number of carbonyl (C=O) groups excluding carboxylic acids is 1. The van der Waals surface area contributed by atoms with Crippen LogP contribution in [-0.2, 0) is 0 Å². The molecular weight excluding hydrogens is 328 g/mol. The monoisotopic (exact) mass is 344 g/mol. The standard InChI is InChI=1S/C17H17ClN4O2/c18-15-7-6-14(24-15)16(23)21-8-3-9-22(11-10-21)17-19-12-4-1-2-5-13(12)20-17/h1-2,4-7H,3,8-11H2,(H,19,20). The molecule has 1 fully saturated rings. The van der Waals surface area contributed by atoms with Crippen molar-refractivity contribution in [2.24, 2.45) is 0 Å².